The molecular weight excluding hydrogens is 609 g/mol. The highest BCUT2D eigenvalue weighted by atomic mass is 32.1. The minimum atomic E-state index is 0.856. The van der Waals surface area contributed by atoms with E-state index in [2.05, 4.69) is 138 Å². The van der Waals surface area contributed by atoms with Gasteiger partial charge in [-0.3, -0.25) is 0 Å². The van der Waals surface area contributed by atoms with Crippen LogP contribution in [0.4, 0.5) is 17.1 Å². The van der Waals surface area contributed by atoms with E-state index in [4.69, 9.17) is 13.8 Å². The topological polar surface area (TPSA) is 42.4 Å². The standard InChI is InChI=1S/C43H26N2O2S/c1-3-9-28(10-4-1)43-44-42-40(48-43)24-23-38-41(42)35-25-29(17-22-37(35)46-38)27-15-18-31(19-16-27)45(30-11-5-2-6-12-30)32-20-21-34-33-13-7-8-14-36(33)47-39(34)26-32/h1-26H. The molecule has 0 unspecified atom stereocenters. The molecule has 4 nitrogen and oxygen atoms in total. The second kappa shape index (κ2) is 10.7. The molecule has 0 bridgehead atoms. The monoisotopic (exact) mass is 634 g/mol. The molecule has 226 valence electrons. The van der Waals surface area contributed by atoms with Crippen LogP contribution >= 0.6 is 11.3 Å². The van der Waals surface area contributed by atoms with E-state index < -0.39 is 0 Å². The average molecular weight is 635 g/mol. The molecule has 0 radical (unpaired) electrons. The van der Waals surface area contributed by atoms with Crippen molar-refractivity contribution in [2.75, 3.05) is 4.90 Å². The molecule has 10 rings (SSSR count). The number of rotatable bonds is 5. The van der Waals surface area contributed by atoms with E-state index >= 15 is 0 Å². The Balaban J connectivity index is 1.06. The second-order valence-corrected chi connectivity index (χ2v) is 13.0. The minimum absolute atomic E-state index is 0.856. The van der Waals surface area contributed by atoms with Crippen LogP contribution in [0.2, 0.25) is 0 Å². The largest absolute Gasteiger partial charge is 0.456 e. The molecule has 0 fully saturated rings. The molecule has 0 aliphatic rings. The van der Waals surface area contributed by atoms with Crippen LogP contribution in [0.3, 0.4) is 0 Å². The summed E-state index contributed by atoms with van der Waals surface area (Å²) in [4.78, 5) is 7.37. The van der Waals surface area contributed by atoms with Crippen LogP contribution < -0.4 is 4.90 Å². The Kier molecular flexibility index (Phi) is 6.01. The second-order valence-electron chi connectivity index (χ2n) is 12.0. The molecule has 3 heterocycles. The lowest BCUT2D eigenvalue weighted by Gasteiger charge is -2.25. The van der Waals surface area contributed by atoms with Crippen molar-refractivity contribution in [2.24, 2.45) is 0 Å². The van der Waals surface area contributed by atoms with E-state index in [-0.39, 0.29) is 0 Å². The lowest BCUT2D eigenvalue weighted by molar-refractivity contribution is 0.668. The molecule has 5 heteroatoms. The van der Waals surface area contributed by atoms with Gasteiger partial charge >= 0.3 is 0 Å². The fraction of sp³-hybridized carbons (Fsp3) is 0. The van der Waals surface area contributed by atoms with E-state index in [1.165, 1.54) is 0 Å². The van der Waals surface area contributed by atoms with Crippen molar-refractivity contribution in [3.63, 3.8) is 0 Å². The van der Waals surface area contributed by atoms with E-state index in [9.17, 15) is 0 Å². The zero-order valence-electron chi connectivity index (χ0n) is 25.6. The highest BCUT2D eigenvalue weighted by Crippen LogP contribution is 2.42. The molecule has 0 saturated carbocycles. The molecular formula is C43H26N2O2S. The average Bonchev–Trinajstić information content (AvgIpc) is 3.85. The van der Waals surface area contributed by atoms with Crippen molar-refractivity contribution in [3.8, 4) is 21.7 Å². The Morgan fingerprint density at radius 3 is 1.94 bits per heavy atom. The number of anilines is 3. The lowest BCUT2D eigenvalue weighted by atomic mass is 10.0. The number of furan rings is 2. The van der Waals surface area contributed by atoms with Crippen molar-refractivity contribution < 1.29 is 8.83 Å². The smallest absolute Gasteiger partial charge is 0.137 e. The van der Waals surface area contributed by atoms with Crippen molar-refractivity contribution >= 4 is 82.5 Å². The fourth-order valence-corrected chi connectivity index (χ4v) is 7.80. The van der Waals surface area contributed by atoms with E-state index in [1.54, 1.807) is 11.3 Å². The van der Waals surface area contributed by atoms with Gasteiger partial charge in [-0.15, -0.1) is 11.3 Å². The summed E-state index contributed by atoms with van der Waals surface area (Å²) in [5.74, 6) is 0. The summed E-state index contributed by atoms with van der Waals surface area (Å²) in [5.41, 5.74) is 11.0. The molecule has 0 atom stereocenters. The number of hydrogen-bond acceptors (Lipinski definition) is 5. The van der Waals surface area contributed by atoms with Gasteiger partial charge in [-0.05, 0) is 77.9 Å². The first-order valence-corrected chi connectivity index (χ1v) is 16.8. The minimum Gasteiger partial charge on any atom is -0.456 e. The van der Waals surface area contributed by atoms with Gasteiger partial charge in [0, 0.05) is 44.9 Å². The third-order valence-electron chi connectivity index (χ3n) is 9.11. The van der Waals surface area contributed by atoms with Gasteiger partial charge in [-0.1, -0.05) is 84.9 Å². The summed E-state index contributed by atoms with van der Waals surface area (Å²) in [7, 11) is 0. The number of para-hydroxylation sites is 2. The van der Waals surface area contributed by atoms with E-state index in [1.807, 2.05) is 24.3 Å². The SMILES string of the molecule is c1ccc(-c2nc3c(ccc4oc5ccc(-c6ccc(N(c7ccccc7)c7ccc8c(c7)oc7ccccc78)cc6)cc5c43)s2)cc1. The molecule has 3 aromatic heterocycles. The first kappa shape index (κ1) is 27.0. The van der Waals surface area contributed by atoms with Gasteiger partial charge in [0.25, 0.3) is 0 Å². The van der Waals surface area contributed by atoms with Crippen molar-refractivity contribution in [1.29, 1.82) is 0 Å². The van der Waals surface area contributed by atoms with Crippen LogP contribution in [-0.4, -0.2) is 4.98 Å². The molecule has 0 aliphatic carbocycles. The molecule has 7 aromatic carbocycles. The maximum atomic E-state index is 6.31. The number of fused-ring (bicyclic) bond motifs is 8. The summed E-state index contributed by atoms with van der Waals surface area (Å²) in [6.07, 6.45) is 0. The maximum absolute atomic E-state index is 6.31. The normalized spacial score (nSPS) is 11.8. The van der Waals surface area contributed by atoms with Gasteiger partial charge in [0.05, 0.1) is 15.6 Å². The van der Waals surface area contributed by atoms with E-state index in [0.717, 1.165) is 92.9 Å². The van der Waals surface area contributed by atoms with Crippen molar-refractivity contribution in [3.05, 3.63) is 158 Å². The van der Waals surface area contributed by atoms with Crippen LogP contribution in [0.15, 0.2) is 167 Å². The highest BCUT2D eigenvalue weighted by Gasteiger charge is 2.18. The maximum Gasteiger partial charge on any atom is 0.137 e. The molecule has 0 aliphatic heterocycles. The van der Waals surface area contributed by atoms with Crippen molar-refractivity contribution in [1.82, 2.24) is 4.98 Å². The Morgan fingerprint density at radius 1 is 0.438 bits per heavy atom. The predicted octanol–water partition coefficient (Wildman–Crippen LogP) is 12.9. The van der Waals surface area contributed by atoms with Crippen LogP contribution in [0.1, 0.15) is 0 Å². The van der Waals surface area contributed by atoms with Crippen LogP contribution in [-0.2, 0) is 0 Å². The van der Waals surface area contributed by atoms with Crippen LogP contribution in [0, 0.1) is 0 Å². The first-order valence-electron chi connectivity index (χ1n) is 15.9. The summed E-state index contributed by atoms with van der Waals surface area (Å²) >= 11 is 1.72. The first-order chi connectivity index (χ1) is 23.8. The Labute approximate surface area is 279 Å². The molecule has 0 amide bonds. The molecule has 48 heavy (non-hydrogen) atoms. The van der Waals surface area contributed by atoms with Gasteiger partial charge in [-0.2, -0.15) is 0 Å². The Morgan fingerprint density at radius 2 is 1.08 bits per heavy atom. The van der Waals surface area contributed by atoms with Crippen LogP contribution in [0.5, 0.6) is 0 Å². The van der Waals surface area contributed by atoms with Crippen LogP contribution in [0.25, 0.3) is 75.8 Å². The Bertz CT molecular complexity index is 2780. The number of hydrogen-bond donors (Lipinski definition) is 0. The molecule has 0 N–H and O–H groups in total. The molecule has 0 saturated heterocycles. The van der Waals surface area contributed by atoms with Gasteiger partial charge in [0.15, 0.2) is 0 Å². The lowest BCUT2D eigenvalue weighted by Crippen LogP contribution is -2.09. The summed E-state index contributed by atoms with van der Waals surface area (Å²) in [6.45, 7) is 0. The predicted molar refractivity (Wildman–Crippen MR) is 200 cm³/mol. The third kappa shape index (κ3) is 4.33. The summed E-state index contributed by atoms with van der Waals surface area (Å²) in [5, 5.41) is 5.40. The Hall–Kier alpha value is -6.17. The number of thiazole rings is 1. The zero-order valence-corrected chi connectivity index (χ0v) is 26.4. The van der Waals surface area contributed by atoms with Gasteiger partial charge in [0.1, 0.15) is 27.3 Å². The number of benzene rings is 7. The van der Waals surface area contributed by atoms with Gasteiger partial charge < -0.3 is 13.7 Å². The number of aromatic nitrogens is 1. The number of nitrogens with zero attached hydrogens (tertiary/aromatic N) is 2. The third-order valence-corrected chi connectivity index (χ3v) is 10.2. The molecule has 10 aromatic rings. The fourth-order valence-electron chi connectivity index (χ4n) is 6.82. The quantitative estimate of drug-likeness (QED) is 0.189. The van der Waals surface area contributed by atoms with Gasteiger partial charge in [-0.25, -0.2) is 4.98 Å². The molecule has 0 spiro atoms. The highest BCUT2D eigenvalue weighted by molar-refractivity contribution is 7.21. The zero-order chi connectivity index (χ0) is 31.6. The van der Waals surface area contributed by atoms with Gasteiger partial charge in [0.2, 0.25) is 0 Å². The summed E-state index contributed by atoms with van der Waals surface area (Å²) in [6, 6.07) is 54.9. The van der Waals surface area contributed by atoms with Crippen molar-refractivity contribution in [2.45, 2.75) is 0 Å². The summed E-state index contributed by atoms with van der Waals surface area (Å²) < 4.78 is 13.7. The van der Waals surface area contributed by atoms with E-state index in [0.29, 0.717) is 0 Å².